The van der Waals surface area contributed by atoms with Gasteiger partial charge in [-0.05, 0) is 37.5 Å². The molecule has 1 saturated heterocycles. The Morgan fingerprint density at radius 2 is 1.77 bits per heavy atom. The lowest BCUT2D eigenvalue weighted by molar-refractivity contribution is -0.137. The van der Waals surface area contributed by atoms with Gasteiger partial charge in [0.1, 0.15) is 17.3 Å². The Labute approximate surface area is 172 Å². The maximum Gasteiger partial charge on any atom is 0.417 e. The third-order valence-corrected chi connectivity index (χ3v) is 6.23. The zero-order valence-electron chi connectivity index (χ0n) is 16.2. The van der Waals surface area contributed by atoms with Gasteiger partial charge in [-0.3, -0.25) is 4.72 Å². The quantitative estimate of drug-likeness (QED) is 0.748. The van der Waals surface area contributed by atoms with E-state index >= 15 is 0 Å². The molecule has 30 heavy (non-hydrogen) atoms. The number of methoxy groups -OCH3 is 1. The fourth-order valence-corrected chi connectivity index (χ4v) is 4.57. The first kappa shape index (κ1) is 21.8. The van der Waals surface area contributed by atoms with Crippen LogP contribution in [0.15, 0.2) is 41.3 Å². The number of hydrogen-bond acceptors (Lipinski definition) is 5. The number of piperidine rings is 1. The van der Waals surface area contributed by atoms with E-state index in [4.69, 9.17) is 4.74 Å². The zero-order valence-corrected chi connectivity index (χ0v) is 17.0. The first-order valence-electron chi connectivity index (χ1n) is 9.24. The SMILES string of the molecule is COc1c(C#N)c(C(F)(F)F)cc(NS(=O)(=O)c2ccccc2)c1N1CCCCC1. The van der Waals surface area contributed by atoms with Crippen LogP contribution in [0.1, 0.15) is 30.4 Å². The van der Waals surface area contributed by atoms with Crippen LogP contribution in [0, 0.1) is 11.3 Å². The second kappa shape index (κ2) is 8.44. The third-order valence-electron chi connectivity index (χ3n) is 4.85. The molecular formula is C20H20F3N3O3S. The fourth-order valence-electron chi connectivity index (χ4n) is 3.49. The maximum absolute atomic E-state index is 13.7. The van der Waals surface area contributed by atoms with Gasteiger partial charge in [-0.15, -0.1) is 0 Å². The van der Waals surface area contributed by atoms with Crippen molar-refractivity contribution in [1.29, 1.82) is 5.26 Å². The normalized spacial score (nSPS) is 14.8. The number of alkyl halides is 3. The van der Waals surface area contributed by atoms with E-state index in [1.54, 1.807) is 17.0 Å². The fraction of sp³-hybridized carbons (Fsp3) is 0.350. The molecule has 0 aromatic heterocycles. The van der Waals surface area contributed by atoms with E-state index in [2.05, 4.69) is 4.72 Å². The molecule has 6 nitrogen and oxygen atoms in total. The molecule has 1 aliphatic rings. The van der Waals surface area contributed by atoms with Gasteiger partial charge in [0.2, 0.25) is 0 Å². The Hall–Kier alpha value is -2.93. The van der Waals surface area contributed by atoms with Crippen LogP contribution in [0.4, 0.5) is 24.5 Å². The van der Waals surface area contributed by atoms with E-state index in [-0.39, 0.29) is 22.0 Å². The molecule has 2 aromatic carbocycles. The van der Waals surface area contributed by atoms with Crippen LogP contribution in [0.3, 0.4) is 0 Å². The first-order chi connectivity index (χ1) is 14.2. The molecule has 1 aliphatic heterocycles. The van der Waals surface area contributed by atoms with Gasteiger partial charge in [-0.2, -0.15) is 18.4 Å². The third kappa shape index (κ3) is 4.31. The predicted octanol–water partition coefficient (Wildman–Crippen LogP) is 4.38. The summed E-state index contributed by atoms with van der Waals surface area (Å²) < 4.78 is 74.2. The van der Waals surface area contributed by atoms with Crippen LogP contribution in [0.2, 0.25) is 0 Å². The molecule has 1 N–H and O–H groups in total. The molecule has 10 heteroatoms. The summed E-state index contributed by atoms with van der Waals surface area (Å²) in [6.45, 7) is 1.01. The van der Waals surface area contributed by atoms with Crippen LogP contribution in [0.5, 0.6) is 5.75 Å². The number of benzene rings is 2. The van der Waals surface area contributed by atoms with Gasteiger partial charge in [0.05, 0.1) is 23.3 Å². The minimum atomic E-state index is -4.87. The van der Waals surface area contributed by atoms with Gasteiger partial charge in [-0.25, -0.2) is 8.42 Å². The highest BCUT2D eigenvalue weighted by Gasteiger charge is 2.38. The van der Waals surface area contributed by atoms with Gasteiger partial charge in [0.25, 0.3) is 10.0 Å². The number of halogens is 3. The lowest BCUT2D eigenvalue weighted by Gasteiger charge is -2.33. The van der Waals surface area contributed by atoms with Crippen molar-refractivity contribution in [3.05, 3.63) is 47.5 Å². The summed E-state index contributed by atoms with van der Waals surface area (Å²) in [5.74, 6) is -0.292. The largest absolute Gasteiger partial charge is 0.493 e. The Morgan fingerprint density at radius 3 is 2.30 bits per heavy atom. The van der Waals surface area contributed by atoms with E-state index < -0.39 is 27.3 Å². The standard InChI is InChI=1S/C20H20F3N3O3S/c1-29-19-15(13-24)16(20(21,22)23)12-17(18(19)26-10-6-3-7-11-26)25-30(27,28)14-8-4-2-5-9-14/h2,4-5,8-9,12,25H,3,6-7,10-11H2,1H3. The number of nitrogens with zero attached hydrogens (tertiary/aromatic N) is 2. The highest BCUT2D eigenvalue weighted by Crippen LogP contribution is 2.46. The second-order valence-corrected chi connectivity index (χ2v) is 8.49. The van der Waals surface area contributed by atoms with Crippen molar-refractivity contribution in [1.82, 2.24) is 0 Å². The van der Waals surface area contributed by atoms with Crippen molar-refractivity contribution in [2.75, 3.05) is 29.8 Å². The van der Waals surface area contributed by atoms with Crippen molar-refractivity contribution in [3.8, 4) is 11.8 Å². The van der Waals surface area contributed by atoms with Crippen LogP contribution >= 0.6 is 0 Å². The van der Waals surface area contributed by atoms with E-state index in [1.165, 1.54) is 31.4 Å². The average molecular weight is 439 g/mol. The summed E-state index contributed by atoms with van der Waals surface area (Å²) in [7, 11) is -3.00. The van der Waals surface area contributed by atoms with Crippen molar-refractivity contribution >= 4 is 21.4 Å². The van der Waals surface area contributed by atoms with Gasteiger partial charge in [0, 0.05) is 13.1 Å². The monoisotopic (exact) mass is 439 g/mol. The molecule has 0 aliphatic carbocycles. The highest BCUT2D eigenvalue weighted by atomic mass is 32.2. The number of anilines is 2. The van der Waals surface area contributed by atoms with E-state index in [1.807, 2.05) is 0 Å². The van der Waals surface area contributed by atoms with E-state index in [0.29, 0.717) is 19.2 Å². The number of sulfonamides is 1. The summed E-state index contributed by atoms with van der Waals surface area (Å²) >= 11 is 0. The summed E-state index contributed by atoms with van der Waals surface area (Å²) in [6, 6.07) is 9.59. The maximum atomic E-state index is 13.7. The molecule has 0 spiro atoms. The molecule has 3 rings (SSSR count). The van der Waals surface area contributed by atoms with E-state index in [9.17, 15) is 26.9 Å². The molecule has 0 saturated carbocycles. The molecule has 0 amide bonds. The van der Waals surface area contributed by atoms with Crippen LogP contribution in [-0.2, 0) is 16.2 Å². The molecule has 0 bridgehead atoms. The Kier molecular flexibility index (Phi) is 6.12. The Balaban J connectivity index is 2.24. The molecular weight excluding hydrogens is 419 g/mol. The number of ether oxygens (including phenoxy) is 1. The van der Waals surface area contributed by atoms with E-state index in [0.717, 1.165) is 19.3 Å². The molecule has 160 valence electrons. The Morgan fingerprint density at radius 1 is 1.13 bits per heavy atom. The first-order valence-corrected chi connectivity index (χ1v) is 10.7. The summed E-state index contributed by atoms with van der Waals surface area (Å²) in [5, 5.41) is 9.43. The van der Waals surface area contributed by atoms with Crippen molar-refractivity contribution in [2.24, 2.45) is 0 Å². The predicted molar refractivity (Wildman–Crippen MR) is 106 cm³/mol. The average Bonchev–Trinajstić information content (AvgIpc) is 2.73. The lowest BCUT2D eigenvalue weighted by atomic mass is 10.0. The smallest absolute Gasteiger partial charge is 0.417 e. The van der Waals surface area contributed by atoms with Crippen LogP contribution in [-0.4, -0.2) is 28.6 Å². The molecule has 0 unspecified atom stereocenters. The number of nitriles is 1. The second-order valence-electron chi connectivity index (χ2n) is 6.80. The summed E-state index contributed by atoms with van der Waals surface area (Å²) in [4.78, 5) is 1.66. The van der Waals surface area contributed by atoms with Gasteiger partial charge >= 0.3 is 6.18 Å². The van der Waals surface area contributed by atoms with Gasteiger partial charge in [-0.1, -0.05) is 18.2 Å². The zero-order chi connectivity index (χ0) is 21.9. The molecule has 0 atom stereocenters. The molecule has 2 aromatic rings. The minimum Gasteiger partial charge on any atom is -0.493 e. The highest BCUT2D eigenvalue weighted by molar-refractivity contribution is 7.92. The lowest BCUT2D eigenvalue weighted by Crippen LogP contribution is -2.31. The summed E-state index contributed by atoms with van der Waals surface area (Å²) in [6.07, 6.45) is -2.34. The van der Waals surface area contributed by atoms with Gasteiger partial charge in [0.15, 0.2) is 5.75 Å². The molecule has 1 heterocycles. The van der Waals surface area contributed by atoms with Crippen molar-refractivity contribution in [2.45, 2.75) is 30.3 Å². The van der Waals surface area contributed by atoms with Crippen molar-refractivity contribution < 1.29 is 26.3 Å². The molecule has 0 radical (unpaired) electrons. The Bertz CT molecular complexity index is 1060. The summed E-state index contributed by atoms with van der Waals surface area (Å²) in [5.41, 5.74) is -2.06. The van der Waals surface area contributed by atoms with Gasteiger partial charge < -0.3 is 9.64 Å². The number of hydrogen-bond donors (Lipinski definition) is 1. The van der Waals surface area contributed by atoms with Crippen LogP contribution in [0.25, 0.3) is 0 Å². The minimum absolute atomic E-state index is 0.0912. The number of rotatable bonds is 5. The van der Waals surface area contributed by atoms with Crippen LogP contribution < -0.4 is 14.4 Å². The number of nitrogens with one attached hydrogen (secondary N) is 1. The molecule has 1 fully saturated rings. The van der Waals surface area contributed by atoms with Crippen molar-refractivity contribution in [3.63, 3.8) is 0 Å². The topological polar surface area (TPSA) is 82.4 Å².